The Labute approximate surface area is 179 Å². The molecule has 30 heavy (non-hydrogen) atoms. The fourth-order valence-electron chi connectivity index (χ4n) is 4.76. The van der Waals surface area contributed by atoms with E-state index in [9.17, 15) is 13.2 Å². The molecule has 1 aliphatic carbocycles. The second-order valence-corrected chi connectivity index (χ2v) is 10.6. The number of hydrogen-bond acceptors (Lipinski definition) is 3. The lowest BCUT2D eigenvalue weighted by Crippen LogP contribution is -2.33. The summed E-state index contributed by atoms with van der Waals surface area (Å²) in [4.78, 5) is 14.3. The molecule has 2 aromatic rings. The summed E-state index contributed by atoms with van der Waals surface area (Å²) in [5.74, 6) is 2.20. The number of carbonyl (C=O) groups excluding carboxylic acids is 1. The van der Waals surface area contributed by atoms with E-state index in [1.165, 1.54) is 5.56 Å². The number of nitrogens with one attached hydrogen (secondary N) is 1. The van der Waals surface area contributed by atoms with E-state index in [4.69, 9.17) is 0 Å². The molecule has 0 bridgehead atoms. The van der Waals surface area contributed by atoms with Crippen molar-refractivity contribution in [3.8, 4) is 0 Å². The van der Waals surface area contributed by atoms with Crippen LogP contribution in [0.25, 0.3) is 0 Å². The molecular formula is C24H30N2O3S. The third-order valence-corrected chi connectivity index (χ3v) is 8.07. The fraction of sp³-hybridized carbons (Fsp3) is 0.458. The fourth-order valence-corrected chi connectivity index (χ4v) is 5.82. The predicted octanol–water partition coefficient (Wildman–Crippen LogP) is 4.58. The molecule has 160 valence electrons. The van der Waals surface area contributed by atoms with E-state index in [2.05, 4.69) is 18.6 Å². The molecule has 2 aromatic carbocycles. The summed E-state index contributed by atoms with van der Waals surface area (Å²) in [6, 6.07) is 14.8. The molecule has 1 amide bonds. The monoisotopic (exact) mass is 426 g/mol. The molecule has 4 rings (SSSR count). The molecule has 1 aliphatic heterocycles. The number of likely N-dealkylation sites (tertiary alicyclic amines) is 1. The zero-order chi connectivity index (χ0) is 21.5. The second kappa shape index (κ2) is 8.06. The van der Waals surface area contributed by atoms with Crippen LogP contribution < -0.4 is 4.72 Å². The number of benzene rings is 2. The van der Waals surface area contributed by atoms with Crippen LogP contribution in [0.2, 0.25) is 0 Å². The number of hydrogen-bond donors (Lipinski definition) is 1. The van der Waals surface area contributed by atoms with Crippen molar-refractivity contribution in [3.63, 3.8) is 0 Å². The molecule has 1 N–H and O–H groups in total. The summed E-state index contributed by atoms with van der Waals surface area (Å²) in [5, 5.41) is 0. The van der Waals surface area contributed by atoms with Gasteiger partial charge in [0, 0.05) is 25.2 Å². The Morgan fingerprint density at radius 1 is 1.07 bits per heavy atom. The minimum Gasteiger partial charge on any atom is -0.342 e. The van der Waals surface area contributed by atoms with Crippen LogP contribution in [0.15, 0.2) is 53.4 Å². The molecule has 6 heteroatoms. The van der Waals surface area contributed by atoms with Crippen LogP contribution >= 0.6 is 0 Å². The van der Waals surface area contributed by atoms with Crippen molar-refractivity contribution in [3.05, 3.63) is 59.7 Å². The molecule has 0 unspecified atom stereocenters. The quantitative estimate of drug-likeness (QED) is 0.735. The number of carbonyl (C=O) groups is 1. The topological polar surface area (TPSA) is 66.5 Å². The Morgan fingerprint density at radius 3 is 2.33 bits per heavy atom. The standard InChI is InChI=1S/C24H30N2O3S/c1-4-24(27)26-14-19-13-22(23(19)15-26)18-5-9-20(10-6-18)25-30(28,29)21-11-7-17(8-12-21)16(2)3/h5-12,16,19,22-23,25H,4,13-15H2,1-3H3/t19-,22-,23+/m0/s1. The molecule has 0 radical (unpaired) electrons. The normalized spacial score (nSPS) is 23.2. The van der Waals surface area contributed by atoms with Crippen molar-refractivity contribution in [2.75, 3.05) is 17.8 Å². The maximum Gasteiger partial charge on any atom is 0.261 e. The van der Waals surface area contributed by atoms with Gasteiger partial charge < -0.3 is 4.90 Å². The highest BCUT2D eigenvalue weighted by atomic mass is 32.2. The first-order chi connectivity index (χ1) is 14.3. The SMILES string of the molecule is CCC(=O)N1C[C@@H]2C[C@@H](c3ccc(NS(=O)(=O)c4ccc(C(C)C)cc4)cc3)[C@@H]2C1. The Kier molecular flexibility index (Phi) is 5.62. The Balaban J connectivity index is 1.41. The lowest BCUT2D eigenvalue weighted by molar-refractivity contribution is -0.129. The number of amides is 1. The van der Waals surface area contributed by atoms with Gasteiger partial charge in [-0.2, -0.15) is 0 Å². The first-order valence-electron chi connectivity index (χ1n) is 10.8. The number of rotatable bonds is 6. The Hall–Kier alpha value is -2.34. The molecular weight excluding hydrogens is 396 g/mol. The lowest BCUT2D eigenvalue weighted by Gasteiger charge is -2.39. The zero-order valence-electron chi connectivity index (χ0n) is 17.8. The third-order valence-electron chi connectivity index (χ3n) is 6.67. The molecule has 0 aromatic heterocycles. The van der Waals surface area contributed by atoms with Crippen molar-refractivity contribution in [2.45, 2.75) is 50.3 Å². The average Bonchev–Trinajstić information content (AvgIpc) is 3.05. The van der Waals surface area contributed by atoms with Gasteiger partial charge >= 0.3 is 0 Å². The van der Waals surface area contributed by atoms with Gasteiger partial charge in [0.25, 0.3) is 10.0 Å². The highest BCUT2D eigenvalue weighted by Gasteiger charge is 2.48. The average molecular weight is 427 g/mol. The van der Waals surface area contributed by atoms with Gasteiger partial charge in [0.15, 0.2) is 0 Å². The van der Waals surface area contributed by atoms with Gasteiger partial charge in [-0.25, -0.2) is 8.42 Å². The van der Waals surface area contributed by atoms with Crippen molar-refractivity contribution in [2.24, 2.45) is 11.8 Å². The third kappa shape index (κ3) is 3.97. The van der Waals surface area contributed by atoms with E-state index >= 15 is 0 Å². The molecule has 5 nitrogen and oxygen atoms in total. The van der Waals surface area contributed by atoms with E-state index in [1.807, 2.05) is 48.2 Å². The summed E-state index contributed by atoms with van der Waals surface area (Å²) in [6.07, 6.45) is 1.67. The van der Waals surface area contributed by atoms with E-state index in [-0.39, 0.29) is 10.8 Å². The van der Waals surface area contributed by atoms with Crippen molar-refractivity contribution in [1.29, 1.82) is 0 Å². The number of anilines is 1. The molecule has 3 atom stereocenters. The van der Waals surface area contributed by atoms with Gasteiger partial charge in [-0.05, 0) is 65.5 Å². The molecule has 2 aliphatic rings. The highest BCUT2D eigenvalue weighted by Crippen LogP contribution is 2.51. The highest BCUT2D eigenvalue weighted by molar-refractivity contribution is 7.92. The van der Waals surface area contributed by atoms with Crippen molar-refractivity contribution in [1.82, 2.24) is 4.90 Å². The van der Waals surface area contributed by atoms with Gasteiger partial charge in [0.2, 0.25) is 5.91 Å². The lowest BCUT2D eigenvalue weighted by atomic mass is 9.64. The minimum absolute atomic E-state index is 0.245. The molecule has 1 heterocycles. The van der Waals surface area contributed by atoms with Crippen molar-refractivity contribution < 1.29 is 13.2 Å². The van der Waals surface area contributed by atoms with E-state index in [0.717, 1.165) is 25.1 Å². The Bertz CT molecular complexity index is 1010. The summed E-state index contributed by atoms with van der Waals surface area (Å²) in [6.45, 7) is 7.82. The summed E-state index contributed by atoms with van der Waals surface area (Å²) >= 11 is 0. The van der Waals surface area contributed by atoms with Gasteiger partial charge in [-0.1, -0.05) is 45.0 Å². The first kappa shape index (κ1) is 20.9. The molecule has 1 saturated heterocycles. The maximum atomic E-state index is 12.7. The number of fused-ring (bicyclic) bond motifs is 1. The molecule has 0 spiro atoms. The first-order valence-corrected chi connectivity index (χ1v) is 12.3. The van der Waals surface area contributed by atoms with E-state index < -0.39 is 10.0 Å². The van der Waals surface area contributed by atoms with Gasteiger partial charge in [-0.3, -0.25) is 9.52 Å². The predicted molar refractivity (Wildman–Crippen MR) is 119 cm³/mol. The number of sulfonamides is 1. The molecule has 2 fully saturated rings. The van der Waals surface area contributed by atoms with Gasteiger partial charge in [-0.15, -0.1) is 0 Å². The van der Waals surface area contributed by atoms with Crippen LogP contribution in [-0.2, 0) is 14.8 Å². The Morgan fingerprint density at radius 2 is 1.73 bits per heavy atom. The largest absolute Gasteiger partial charge is 0.342 e. The number of nitrogens with zero attached hydrogens (tertiary/aromatic N) is 1. The van der Waals surface area contributed by atoms with Crippen LogP contribution in [0.1, 0.15) is 56.6 Å². The summed E-state index contributed by atoms with van der Waals surface area (Å²) < 4.78 is 28.1. The van der Waals surface area contributed by atoms with Crippen LogP contribution in [0.5, 0.6) is 0 Å². The smallest absolute Gasteiger partial charge is 0.261 e. The van der Waals surface area contributed by atoms with Crippen LogP contribution in [0.3, 0.4) is 0 Å². The minimum atomic E-state index is -3.61. The van der Waals surface area contributed by atoms with E-state index in [1.54, 1.807) is 12.1 Å². The van der Waals surface area contributed by atoms with Gasteiger partial charge in [0.05, 0.1) is 4.90 Å². The van der Waals surface area contributed by atoms with Crippen LogP contribution in [0, 0.1) is 11.8 Å². The van der Waals surface area contributed by atoms with Gasteiger partial charge in [0.1, 0.15) is 0 Å². The van der Waals surface area contributed by atoms with Crippen molar-refractivity contribution >= 4 is 21.6 Å². The van der Waals surface area contributed by atoms with E-state index in [0.29, 0.717) is 35.8 Å². The van der Waals surface area contributed by atoms with Crippen LogP contribution in [0.4, 0.5) is 5.69 Å². The summed E-state index contributed by atoms with van der Waals surface area (Å²) in [5.41, 5.74) is 2.91. The van der Waals surface area contributed by atoms with Crippen LogP contribution in [-0.4, -0.2) is 32.3 Å². The zero-order valence-corrected chi connectivity index (χ0v) is 18.7. The second-order valence-electron chi connectivity index (χ2n) is 8.87. The molecule has 1 saturated carbocycles. The summed E-state index contributed by atoms with van der Waals surface area (Å²) in [7, 11) is -3.61. The maximum absolute atomic E-state index is 12.7.